The summed E-state index contributed by atoms with van der Waals surface area (Å²) in [6, 6.07) is 7.39. The second-order valence-electron chi connectivity index (χ2n) is 3.75. The van der Waals surface area contributed by atoms with Crippen LogP contribution in [0.2, 0.25) is 0 Å². The molecule has 1 atom stereocenters. The zero-order valence-electron chi connectivity index (χ0n) is 9.44. The van der Waals surface area contributed by atoms with E-state index in [9.17, 15) is 0 Å². The first-order valence-corrected chi connectivity index (χ1v) is 5.26. The summed E-state index contributed by atoms with van der Waals surface area (Å²) in [7, 11) is 0. The number of H-pyrrole nitrogens is 1. The molecular formula is C12H13N5. The van der Waals surface area contributed by atoms with E-state index in [0.29, 0.717) is 11.3 Å². The highest BCUT2D eigenvalue weighted by Gasteiger charge is 2.08. The van der Waals surface area contributed by atoms with Crippen LogP contribution in [-0.4, -0.2) is 9.97 Å². The van der Waals surface area contributed by atoms with Crippen LogP contribution in [0.15, 0.2) is 30.6 Å². The summed E-state index contributed by atoms with van der Waals surface area (Å²) < 4.78 is 0. The first-order chi connectivity index (χ1) is 8.20. The van der Waals surface area contributed by atoms with Gasteiger partial charge in [-0.05, 0) is 25.1 Å². The van der Waals surface area contributed by atoms with Gasteiger partial charge >= 0.3 is 0 Å². The van der Waals surface area contributed by atoms with Gasteiger partial charge in [-0.15, -0.1) is 0 Å². The van der Waals surface area contributed by atoms with Gasteiger partial charge in [0, 0.05) is 23.8 Å². The predicted molar refractivity (Wildman–Crippen MR) is 66.2 cm³/mol. The highest BCUT2D eigenvalue weighted by atomic mass is 15.0. The van der Waals surface area contributed by atoms with E-state index in [1.807, 2.05) is 13.0 Å². The molecule has 1 aromatic carbocycles. The fourth-order valence-electron chi connectivity index (χ4n) is 1.58. The molecule has 0 spiro atoms. The summed E-state index contributed by atoms with van der Waals surface area (Å²) in [5, 5.41) is 12.1. The molecule has 2 aromatic rings. The van der Waals surface area contributed by atoms with Crippen LogP contribution < -0.4 is 11.1 Å². The number of hydrogen-bond acceptors (Lipinski definition) is 4. The summed E-state index contributed by atoms with van der Waals surface area (Å²) in [6.45, 7) is 1.99. The van der Waals surface area contributed by atoms with Crippen LogP contribution in [0.25, 0.3) is 0 Å². The molecule has 86 valence electrons. The summed E-state index contributed by atoms with van der Waals surface area (Å²) in [5.41, 5.74) is 7.47. The number of anilines is 2. The van der Waals surface area contributed by atoms with Crippen LogP contribution in [0, 0.1) is 11.3 Å². The number of rotatable bonds is 3. The Bertz CT molecular complexity index is 539. The first kappa shape index (κ1) is 11.0. The summed E-state index contributed by atoms with van der Waals surface area (Å²) in [4.78, 5) is 7.20. The lowest BCUT2D eigenvalue weighted by molar-refractivity contribution is 0.810. The second-order valence-corrected chi connectivity index (χ2v) is 3.75. The van der Waals surface area contributed by atoms with E-state index in [1.165, 1.54) is 0 Å². The molecule has 0 fully saturated rings. The number of nitrogen functional groups attached to an aromatic ring is 1. The van der Waals surface area contributed by atoms with Crippen molar-refractivity contribution in [1.29, 1.82) is 5.26 Å². The van der Waals surface area contributed by atoms with E-state index in [0.717, 1.165) is 11.5 Å². The van der Waals surface area contributed by atoms with Crippen molar-refractivity contribution in [2.24, 2.45) is 0 Å². The average molecular weight is 227 g/mol. The van der Waals surface area contributed by atoms with E-state index in [4.69, 9.17) is 11.0 Å². The maximum Gasteiger partial charge on any atom is 0.128 e. The van der Waals surface area contributed by atoms with E-state index in [-0.39, 0.29) is 6.04 Å². The van der Waals surface area contributed by atoms with E-state index in [2.05, 4.69) is 21.4 Å². The third-order valence-electron chi connectivity index (χ3n) is 2.49. The van der Waals surface area contributed by atoms with Crippen LogP contribution in [0.4, 0.5) is 11.4 Å². The Labute approximate surface area is 99.3 Å². The average Bonchev–Trinajstić information content (AvgIpc) is 2.85. The van der Waals surface area contributed by atoms with Crippen LogP contribution >= 0.6 is 0 Å². The lowest BCUT2D eigenvalue weighted by atomic mass is 10.1. The van der Waals surface area contributed by atoms with Crippen molar-refractivity contribution in [3.05, 3.63) is 42.0 Å². The molecule has 5 nitrogen and oxygen atoms in total. The monoisotopic (exact) mass is 227 g/mol. The number of aromatic nitrogens is 2. The van der Waals surface area contributed by atoms with Gasteiger partial charge in [0.15, 0.2) is 0 Å². The number of nitrogens with one attached hydrogen (secondary N) is 2. The molecule has 0 amide bonds. The molecule has 1 unspecified atom stereocenters. The van der Waals surface area contributed by atoms with E-state index < -0.39 is 0 Å². The Balaban J connectivity index is 2.17. The van der Waals surface area contributed by atoms with Gasteiger partial charge in [-0.1, -0.05) is 0 Å². The zero-order valence-corrected chi connectivity index (χ0v) is 9.44. The highest BCUT2D eigenvalue weighted by molar-refractivity contribution is 5.62. The normalized spacial score (nSPS) is 11.8. The molecule has 4 N–H and O–H groups in total. The number of benzene rings is 1. The molecule has 0 bridgehead atoms. The Morgan fingerprint density at radius 3 is 3.00 bits per heavy atom. The molecule has 0 aliphatic rings. The molecule has 1 aromatic heterocycles. The number of nitrogens with zero attached hydrogens (tertiary/aromatic N) is 2. The van der Waals surface area contributed by atoms with Crippen LogP contribution in [-0.2, 0) is 0 Å². The van der Waals surface area contributed by atoms with Gasteiger partial charge in [-0.3, -0.25) is 0 Å². The minimum Gasteiger partial charge on any atom is -0.398 e. The Kier molecular flexibility index (Phi) is 2.97. The van der Waals surface area contributed by atoms with E-state index >= 15 is 0 Å². The smallest absolute Gasteiger partial charge is 0.128 e. The lowest BCUT2D eigenvalue weighted by Gasteiger charge is -2.13. The zero-order chi connectivity index (χ0) is 12.3. The molecule has 0 aliphatic carbocycles. The number of aromatic amines is 1. The van der Waals surface area contributed by atoms with Gasteiger partial charge in [0.25, 0.3) is 0 Å². The van der Waals surface area contributed by atoms with Gasteiger partial charge in [0.1, 0.15) is 11.9 Å². The van der Waals surface area contributed by atoms with Gasteiger partial charge in [-0.2, -0.15) is 5.26 Å². The lowest BCUT2D eigenvalue weighted by Crippen LogP contribution is -2.08. The minimum atomic E-state index is 0.0418. The standard InChI is InChI=1S/C12H13N5/c1-8(12-15-4-5-16-12)17-10-2-3-11(14)9(6-10)7-13/h2-6,8,17H,14H2,1H3,(H,15,16). The Morgan fingerprint density at radius 1 is 1.53 bits per heavy atom. The molecule has 0 saturated heterocycles. The molecule has 5 heteroatoms. The second kappa shape index (κ2) is 4.58. The van der Waals surface area contributed by atoms with Crippen molar-refractivity contribution in [2.75, 3.05) is 11.1 Å². The fraction of sp³-hybridized carbons (Fsp3) is 0.167. The van der Waals surface area contributed by atoms with Crippen molar-refractivity contribution < 1.29 is 0 Å². The maximum atomic E-state index is 8.88. The summed E-state index contributed by atoms with van der Waals surface area (Å²) in [6.07, 6.45) is 3.48. The molecule has 1 heterocycles. The molecule has 0 radical (unpaired) electrons. The van der Waals surface area contributed by atoms with Crippen molar-refractivity contribution in [3.8, 4) is 6.07 Å². The molecular weight excluding hydrogens is 214 g/mol. The third kappa shape index (κ3) is 2.37. The molecule has 0 saturated carbocycles. The maximum absolute atomic E-state index is 8.88. The van der Waals surface area contributed by atoms with Gasteiger partial charge in [-0.25, -0.2) is 4.98 Å². The van der Waals surface area contributed by atoms with Crippen molar-refractivity contribution >= 4 is 11.4 Å². The van der Waals surface area contributed by atoms with Gasteiger partial charge in [0.05, 0.1) is 11.6 Å². The molecule has 0 aliphatic heterocycles. The van der Waals surface area contributed by atoms with Crippen LogP contribution in [0.1, 0.15) is 24.4 Å². The fourth-order valence-corrected chi connectivity index (χ4v) is 1.58. The van der Waals surface area contributed by atoms with Gasteiger partial charge in [0.2, 0.25) is 0 Å². The Morgan fingerprint density at radius 2 is 2.35 bits per heavy atom. The number of imidazole rings is 1. The summed E-state index contributed by atoms with van der Waals surface area (Å²) >= 11 is 0. The quantitative estimate of drug-likeness (QED) is 0.700. The molecule has 2 rings (SSSR count). The van der Waals surface area contributed by atoms with Crippen molar-refractivity contribution in [2.45, 2.75) is 13.0 Å². The van der Waals surface area contributed by atoms with E-state index in [1.54, 1.807) is 24.5 Å². The summed E-state index contributed by atoms with van der Waals surface area (Å²) in [5.74, 6) is 0.848. The Hall–Kier alpha value is -2.48. The molecule has 17 heavy (non-hydrogen) atoms. The van der Waals surface area contributed by atoms with Crippen LogP contribution in [0.3, 0.4) is 0 Å². The predicted octanol–water partition coefficient (Wildman–Crippen LogP) is 2.04. The van der Waals surface area contributed by atoms with Crippen molar-refractivity contribution in [1.82, 2.24) is 9.97 Å². The largest absolute Gasteiger partial charge is 0.398 e. The first-order valence-electron chi connectivity index (χ1n) is 5.26. The van der Waals surface area contributed by atoms with Crippen LogP contribution in [0.5, 0.6) is 0 Å². The minimum absolute atomic E-state index is 0.0418. The number of nitriles is 1. The SMILES string of the molecule is CC(Nc1ccc(N)c(C#N)c1)c1ncc[nH]1. The van der Waals surface area contributed by atoms with Gasteiger partial charge < -0.3 is 16.0 Å². The van der Waals surface area contributed by atoms with Crippen molar-refractivity contribution in [3.63, 3.8) is 0 Å². The third-order valence-corrected chi connectivity index (χ3v) is 2.49. The number of hydrogen-bond donors (Lipinski definition) is 3. The topological polar surface area (TPSA) is 90.5 Å². The number of nitrogens with two attached hydrogens (primary N) is 1. The highest BCUT2D eigenvalue weighted by Crippen LogP contribution is 2.20.